The van der Waals surface area contributed by atoms with Crippen molar-refractivity contribution in [2.45, 2.75) is 24.3 Å². The number of nitrogens with one attached hydrogen (secondary N) is 1. The molecule has 24 heavy (non-hydrogen) atoms. The molecule has 1 heterocycles. The van der Waals surface area contributed by atoms with Crippen LogP contribution in [0.25, 0.3) is 0 Å². The molecule has 0 spiro atoms. The second kappa shape index (κ2) is 7.13. The number of carbonyl (C=O) groups excluding carboxylic acids is 1. The van der Waals surface area contributed by atoms with Crippen LogP contribution in [0, 0.1) is 17.0 Å². The van der Waals surface area contributed by atoms with Crippen LogP contribution in [0.2, 0.25) is 0 Å². The first kappa shape index (κ1) is 17.5. The average Bonchev–Trinajstić information content (AvgIpc) is 2.48. The molecule has 1 atom stereocenters. The number of aryl methyl sites for hydroxylation is 1. The Labute approximate surface area is 142 Å². The summed E-state index contributed by atoms with van der Waals surface area (Å²) >= 11 is 1.09. The molecule has 0 bridgehead atoms. The minimum atomic E-state index is -0.551. The summed E-state index contributed by atoms with van der Waals surface area (Å²) < 4.78 is 0. The first-order valence-electron chi connectivity index (χ1n) is 6.89. The monoisotopic (exact) mass is 348 g/mol. The second-order valence-electron chi connectivity index (χ2n) is 5.01. The molecular weight excluding hydrogens is 332 g/mol. The van der Waals surface area contributed by atoms with Crippen LogP contribution in [-0.2, 0) is 4.79 Å². The summed E-state index contributed by atoms with van der Waals surface area (Å²) in [7, 11) is 0. The van der Waals surface area contributed by atoms with Crippen molar-refractivity contribution in [2.24, 2.45) is 0 Å². The lowest BCUT2D eigenvalue weighted by Crippen LogP contribution is -2.23. The number of nitro groups is 1. The van der Waals surface area contributed by atoms with E-state index in [2.05, 4.69) is 15.3 Å². The summed E-state index contributed by atoms with van der Waals surface area (Å²) in [6, 6.07) is 5.70. The molecule has 0 saturated heterocycles. The van der Waals surface area contributed by atoms with Crippen molar-refractivity contribution in [3.63, 3.8) is 0 Å². The third kappa shape index (κ3) is 4.32. The van der Waals surface area contributed by atoms with E-state index < -0.39 is 10.2 Å². The van der Waals surface area contributed by atoms with Crippen LogP contribution >= 0.6 is 11.8 Å². The van der Waals surface area contributed by atoms with E-state index in [0.29, 0.717) is 5.69 Å². The Morgan fingerprint density at radius 1 is 1.29 bits per heavy atom. The lowest BCUT2D eigenvalue weighted by atomic mass is 10.2. The van der Waals surface area contributed by atoms with Crippen LogP contribution in [0.1, 0.15) is 12.5 Å². The smallest absolute Gasteiger partial charge is 0.271 e. The number of amides is 1. The maximum absolute atomic E-state index is 12.3. The first-order chi connectivity index (χ1) is 11.3. The van der Waals surface area contributed by atoms with Crippen molar-refractivity contribution in [2.75, 3.05) is 16.8 Å². The maximum atomic E-state index is 12.3. The summed E-state index contributed by atoms with van der Waals surface area (Å²) in [4.78, 5) is 30.6. The molecule has 0 aliphatic carbocycles. The summed E-state index contributed by atoms with van der Waals surface area (Å²) in [5.41, 5.74) is 12.2. The number of carbonyl (C=O) groups is 1. The van der Waals surface area contributed by atoms with E-state index in [1.165, 1.54) is 18.2 Å². The second-order valence-corrected chi connectivity index (χ2v) is 6.31. The average molecular weight is 348 g/mol. The van der Waals surface area contributed by atoms with E-state index in [1.54, 1.807) is 19.9 Å². The van der Waals surface area contributed by atoms with Gasteiger partial charge in [-0.15, -0.1) is 0 Å². The van der Waals surface area contributed by atoms with Gasteiger partial charge in [-0.3, -0.25) is 14.9 Å². The lowest BCUT2D eigenvalue weighted by molar-refractivity contribution is -0.384. The molecular formula is C14H16N6O3S. The van der Waals surface area contributed by atoms with E-state index in [4.69, 9.17) is 11.5 Å². The Bertz CT molecular complexity index is 778. The van der Waals surface area contributed by atoms with Crippen LogP contribution < -0.4 is 16.8 Å². The summed E-state index contributed by atoms with van der Waals surface area (Å²) in [5.74, 6) is 0.0902. The number of nitro benzene ring substituents is 1. The molecule has 0 aliphatic heterocycles. The fraction of sp³-hybridized carbons (Fsp3) is 0.214. The topological polar surface area (TPSA) is 150 Å². The molecule has 126 valence electrons. The van der Waals surface area contributed by atoms with Crippen LogP contribution in [0.15, 0.2) is 29.4 Å². The fourth-order valence-corrected chi connectivity index (χ4v) is 2.62. The number of non-ortho nitro benzene ring substituents is 1. The Hall–Kier alpha value is -2.88. The summed E-state index contributed by atoms with van der Waals surface area (Å²) in [6.45, 7) is 3.41. The number of nitrogens with two attached hydrogens (primary N) is 2. The predicted molar refractivity (Wildman–Crippen MR) is 92.6 cm³/mol. The van der Waals surface area contributed by atoms with Gasteiger partial charge in [-0.1, -0.05) is 17.8 Å². The standard InChI is InChI=1S/C14H16N6O3S/c1-7-3-4-9(20(22)23)5-10(7)17-13(21)8(2)24-14-18-11(15)6-12(16)19-14/h3-6,8H,1-2H3,(H,17,21)(H4,15,16,18,19)/t8-/m0/s1. The van der Waals surface area contributed by atoms with Gasteiger partial charge in [0.25, 0.3) is 5.69 Å². The number of aromatic nitrogens is 2. The van der Waals surface area contributed by atoms with Crippen LogP contribution in [0.4, 0.5) is 23.0 Å². The Kier molecular flexibility index (Phi) is 5.19. The van der Waals surface area contributed by atoms with Crippen LogP contribution in [0.3, 0.4) is 0 Å². The van der Waals surface area contributed by atoms with Crippen molar-refractivity contribution in [3.05, 3.63) is 39.9 Å². The van der Waals surface area contributed by atoms with Crippen molar-refractivity contribution < 1.29 is 9.72 Å². The molecule has 2 aromatic rings. The Morgan fingerprint density at radius 3 is 2.50 bits per heavy atom. The maximum Gasteiger partial charge on any atom is 0.271 e. The molecule has 5 N–H and O–H groups in total. The molecule has 10 heteroatoms. The van der Waals surface area contributed by atoms with Gasteiger partial charge in [-0.2, -0.15) is 0 Å². The number of nitrogens with zero attached hydrogens (tertiary/aromatic N) is 3. The zero-order valence-corrected chi connectivity index (χ0v) is 13.8. The zero-order valence-electron chi connectivity index (χ0n) is 13.0. The molecule has 1 aromatic heterocycles. The van der Waals surface area contributed by atoms with Crippen LogP contribution in [-0.4, -0.2) is 26.0 Å². The lowest BCUT2D eigenvalue weighted by Gasteiger charge is -2.13. The van der Waals surface area contributed by atoms with E-state index in [0.717, 1.165) is 17.3 Å². The predicted octanol–water partition coefficient (Wildman–Crippen LogP) is 1.98. The van der Waals surface area contributed by atoms with Gasteiger partial charge >= 0.3 is 0 Å². The molecule has 0 unspecified atom stereocenters. The molecule has 1 amide bonds. The van der Waals surface area contributed by atoms with Gasteiger partial charge in [0.1, 0.15) is 11.6 Å². The first-order valence-corrected chi connectivity index (χ1v) is 7.77. The van der Waals surface area contributed by atoms with Crippen molar-refractivity contribution >= 4 is 40.7 Å². The number of thioether (sulfide) groups is 1. The number of benzene rings is 1. The largest absolute Gasteiger partial charge is 0.383 e. The number of hydrogen-bond donors (Lipinski definition) is 3. The number of nitrogen functional groups attached to an aromatic ring is 2. The minimum absolute atomic E-state index is 0.0943. The van der Waals surface area contributed by atoms with Gasteiger partial charge in [0, 0.05) is 18.2 Å². The Morgan fingerprint density at radius 2 is 1.92 bits per heavy atom. The van der Waals surface area contributed by atoms with E-state index in [9.17, 15) is 14.9 Å². The SMILES string of the molecule is Cc1ccc([N+](=O)[O-])cc1NC(=O)[C@H](C)Sc1nc(N)cc(N)n1. The highest BCUT2D eigenvalue weighted by molar-refractivity contribution is 8.00. The number of anilines is 3. The highest BCUT2D eigenvalue weighted by Crippen LogP contribution is 2.25. The molecule has 1 aromatic carbocycles. The number of hydrogen-bond acceptors (Lipinski definition) is 8. The van der Waals surface area contributed by atoms with Gasteiger partial charge in [0.2, 0.25) is 5.91 Å². The van der Waals surface area contributed by atoms with E-state index in [-0.39, 0.29) is 28.4 Å². The van der Waals surface area contributed by atoms with Gasteiger partial charge in [-0.05, 0) is 19.4 Å². The molecule has 0 radical (unpaired) electrons. The molecule has 0 fully saturated rings. The molecule has 2 rings (SSSR count). The molecule has 0 aliphatic rings. The Balaban J connectivity index is 2.11. The molecule has 0 saturated carbocycles. The third-order valence-electron chi connectivity index (χ3n) is 3.09. The highest BCUT2D eigenvalue weighted by Gasteiger charge is 2.18. The normalized spacial score (nSPS) is 11.8. The number of rotatable bonds is 5. The van der Waals surface area contributed by atoms with Gasteiger partial charge in [-0.25, -0.2) is 9.97 Å². The van der Waals surface area contributed by atoms with Crippen molar-refractivity contribution in [3.8, 4) is 0 Å². The zero-order chi connectivity index (χ0) is 17.9. The molecule has 9 nitrogen and oxygen atoms in total. The highest BCUT2D eigenvalue weighted by atomic mass is 32.2. The fourth-order valence-electron chi connectivity index (χ4n) is 1.82. The van der Waals surface area contributed by atoms with Crippen molar-refractivity contribution in [1.82, 2.24) is 9.97 Å². The van der Waals surface area contributed by atoms with Crippen LogP contribution in [0.5, 0.6) is 0 Å². The summed E-state index contributed by atoms with van der Waals surface area (Å²) in [5, 5.41) is 13.2. The summed E-state index contributed by atoms with van der Waals surface area (Å²) in [6.07, 6.45) is 0. The minimum Gasteiger partial charge on any atom is -0.383 e. The van der Waals surface area contributed by atoms with Gasteiger partial charge in [0.05, 0.1) is 15.9 Å². The van der Waals surface area contributed by atoms with E-state index >= 15 is 0 Å². The third-order valence-corrected chi connectivity index (χ3v) is 4.05. The van der Waals surface area contributed by atoms with E-state index in [1.807, 2.05) is 0 Å². The van der Waals surface area contributed by atoms with Gasteiger partial charge < -0.3 is 16.8 Å². The van der Waals surface area contributed by atoms with Crippen molar-refractivity contribution in [1.29, 1.82) is 0 Å². The van der Waals surface area contributed by atoms with Gasteiger partial charge in [0.15, 0.2) is 5.16 Å². The quantitative estimate of drug-likeness (QED) is 0.321.